The predicted molar refractivity (Wildman–Crippen MR) is 20.6 cm³/mol. The van der Waals surface area contributed by atoms with E-state index in [1.165, 1.54) is 0 Å². The maximum atomic E-state index is 7.73. The Hall–Kier alpha value is 0.158. The second-order valence-electron chi connectivity index (χ2n) is 1.05. The van der Waals surface area contributed by atoms with Gasteiger partial charge in [0, 0.05) is 0 Å². The van der Waals surface area contributed by atoms with E-state index in [1.54, 1.807) is 13.8 Å². The summed E-state index contributed by atoms with van der Waals surface area (Å²) in [4.78, 5) is 0. The molecule has 0 bridgehead atoms. The molecule has 0 rings (SSSR count). The van der Waals surface area contributed by atoms with Crippen molar-refractivity contribution in [3.05, 3.63) is 0 Å². The summed E-state index contributed by atoms with van der Waals surface area (Å²) in [6.45, 7) is 3.44. The molecule has 2 nitrogen and oxygen atoms in total. The van der Waals surface area contributed by atoms with Crippen LogP contribution in [0.1, 0.15) is 13.8 Å². The molecule has 0 saturated carbocycles. The predicted octanol–water partition coefficient (Wildman–Crippen LogP) is 0.854. The Labute approximate surface area is 51.5 Å². The van der Waals surface area contributed by atoms with Gasteiger partial charge in [-0.15, -0.1) is 0 Å². The summed E-state index contributed by atoms with van der Waals surface area (Å²) in [6.07, 6.45) is 0. The Bertz CT molecular complexity index is 48.8. The quantitative estimate of drug-likeness (QED) is 0.394. The van der Waals surface area contributed by atoms with Crippen molar-refractivity contribution in [1.82, 2.24) is 0 Å². The smallest absolute Gasteiger partial charge is 0.411 e. The van der Waals surface area contributed by atoms with Gasteiger partial charge in [0.15, 0.2) is 0 Å². The molecule has 0 aromatic carbocycles. The van der Waals surface area contributed by atoms with Gasteiger partial charge in [-0.25, -0.2) is 0 Å². The second-order valence-corrected chi connectivity index (χ2v) is 1.05. The van der Waals surface area contributed by atoms with E-state index in [0.717, 1.165) is 0 Å². The third-order valence-corrected chi connectivity index (χ3v) is 0.200. The van der Waals surface area contributed by atoms with Crippen molar-refractivity contribution in [2.75, 3.05) is 0 Å². The molecule has 0 aromatic rings. The summed E-state index contributed by atoms with van der Waals surface area (Å²) in [6, 6.07) is 0. The standard InChI is InChI=1S/C3H7NO.Pt/c1-3(2)4-5;/h5H,1-2H3;/q;+2. The molecule has 3 heteroatoms. The molecule has 0 saturated heterocycles. The summed E-state index contributed by atoms with van der Waals surface area (Å²) in [7, 11) is 0. The first kappa shape index (κ1) is 9.48. The van der Waals surface area contributed by atoms with Gasteiger partial charge in [0.1, 0.15) is 0 Å². The monoisotopic (exact) mass is 268 g/mol. The van der Waals surface area contributed by atoms with Crippen LogP contribution in [0.3, 0.4) is 0 Å². The normalized spacial score (nSPS) is 5.67. The zero-order valence-corrected chi connectivity index (χ0v) is 5.98. The van der Waals surface area contributed by atoms with Crippen LogP contribution in [-0.2, 0) is 21.1 Å². The average Bonchev–Trinajstić information content (AvgIpc) is 1.38. The molecule has 0 heterocycles. The van der Waals surface area contributed by atoms with Crippen molar-refractivity contribution in [3.8, 4) is 0 Å². The molecule has 0 fully saturated rings. The minimum absolute atomic E-state index is 0. The number of oxime groups is 1. The van der Waals surface area contributed by atoms with E-state index in [2.05, 4.69) is 5.16 Å². The SMILES string of the molecule is CC(C)=NO.[Pt+2]. The molecule has 0 aromatic heterocycles. The number of hydrogen-bond donors (Lipinski definition) is 1. The first-order valence-electron chi connectivity index (χ1n) is 1.42. The van der Waals surface area contributed by atoms with Gasteiger partial charge < -0.3 is 5.21 Å². The van der Waals surface area contributed by atoms with E-state index in [-0.39, 0.29) is 21.1 Å². The largest absolute Gasteiger partial charge is 2.00 e. The Morgan fingerprint density at radius 2 is 1.67 bits per heavy atom. The number of rotatable bonds is 0. The minimum atomic E-state index is 0. The van der Waals surface area contributed by atoms with E-state index in [0.29, 0.717) is 5.71 Å². The third-order valence-electron chi connectivity index (χ3n) is 0.200. The Kier molecular flexibility index (Phi) is 8.15. The van der Waals surface area contributed by atoms with E-state index < -0.39 is 0 Å². The van der Waals surface area contributed by atoms with Crippen LogP contribution in [-0.4, -0.2) is 10.9 Å². The van der Waals surface area contributed by atoms with E-state index in [9.17, 15) is 0 Å². The van der Waals surface area contributed by atoms with Gasteiger partial charge in [0.2, 0.25) is 0 Å². The first-order chi connectivity index (χ1) is 2.27. The van der Waals surface area contributed by atoms with Crippen molar-refractivity contribution in [2.24, 2.45) is 5.16 Å². The molecule has 0 radical (unpaired) electrons. The molecule has 0 aliphatic rings. The molecular weight excluding hydrogens is 261 g/mol. The summed E-state index contributed by atoms with van der Waals surface area (Å²) >= 11 is 0. The summed E-state index contributed by atoms with van der Waals surface area (Å²) in [5, 5.41) is 10.5. The van der Waals surface area contributed by atoms with Crippen molar-refractivity contribution >= 4 is 5.71 Å². The molecule has 0 aliphatic heterocycles. The van der Waals surface area contributed by atoms with Crippen LogP contribution >= 0.6 is 0 Å². The number of hydrogen-bond acceptors (Lipinski definition) is 2. The van der Waals surface area contributed by atoms with Crippen molar-refractivity contribution in [3.63, 3.8) is 0 Å². The summed E-state index contributed by atoms with van der Waals surface area (Å²) < 4.78 is 0. The van der Waals surface area contributed by atoms with Crippen LogP contribution in [0.25, 0.3) is 0 Å². The molecule has 6 heavy (non-hydrogen) atoms. The molecule has 38 valence electrons. The van der Waals surface area contributed by atoms with Gasteiger partial charge in [-0.1, -0.05) is 5.16 Å². The van der Waals surface area contributed by atoms with Crippen LogP contribution in [0.15, 0.2) is 5.16 Å². The molecule has 0 unspecified atom stereocenters. The van der Waals surface area contributed by atoms with Crippen LogP contribution in [0, 0.1) is 0 Å². The molecule has 0 amide bonds. The Balaban J connectivity index is 0. The fourth-order valence-electron chi connectivity index (χ4n) is 0. The minimum Gasteiger partial charge on any atom is -0.411 e. The number of nitrogens with zero attached hydrogens (tertiary/aromatic N) is 1. The van der Waals surface area contributed by atoms with Gasteiger partial charge >= 0.3 is 21.1 Å². The van der Waals surface area contributed by atoms with Crippen molar-refractivity contribution < 1.29 is 26.3 Å². The van der Waals surface area contributed by atoms with Gasteiger partial charge in [-0.2, -0.15) is 0 Å². The maximum absolute atomic E-state index is 7.73. The van der Waals surface area contributed by atoms with E-state index >= 15 is 0 Å². The topological polar surface area (TPSA) is 32.6 Å². The van der Waals surface area contributed by atoms with Crippen LogP contribution in [0.4, 0.5) is 0 Å². The molecule has 0 aliphatic carbocycles. The molecule has 0 atom stereocenters. The Morgan fingerprint density at radius 1 is 1.50 bits per heavy atom. The van der Waals surface area contributed by atoms with Gasteiger partial charge in [0.25, 0.3) is 0 Å². The molecule has 1 N–H and O–H groups in total. The van der Waals surface area contributed by atoms with Gasteiger partial charge in [-0.3, -0.25) is 0 Å². The van der Waals surface area contributed by atoms with Crippen LogP contribution < -0.4 is 0 Å². The van der Waals surface area contributed by atoms with Gasteiger partial charge in [0.05, 0.1) is 5.71 Å². The molecular formula is C3H7NOPt+2. The van der Waals surface area contributed by atoms with Crippen LogP contribution in [0.2, 0.25) is 0 Å². The zero-order valence-electron chi connectivity index (χ0n) is 3.71. The van der Waals surface area contributed by atoms with Crippen molar-refractivity contribution in [2.45, 2.75) is 13.8 Å². The van der Waals surface area contributed by atoms with E-state index in [1.807, 2.05) is 0 Å². The summed E-state index contributed by atoms with van der Waals surface area (Å²) in [5.74, 6) is 0. The first-order valence-corrected chi connectivity index (χ1v) is 1.42. The zero-order chi connectivity index (χ0) is 4.28. The summed E-state index contributed by atoms with van der Waals surface area (Å²) in [5.41, 5.74) is 0.685. The average molecular weight is 268 g/mol. The fourth-order valence-corrected chi connectivity index (χ4v) is 0. The van der Waals surface area contributed by atoms with E-state index in [4.69, 9.17) is 5.21 Å². The Morgan fingerprint density at radius 3 is 1.67 bits per heavy atom. The van der Waals surface area contributed by atoms with Crippen LogP contribution in [0.5, 0.6) is 0 Å². The van der Waals surface area contributed by atoms with Gasteiger partial charge in [-0.05, 0) is 13.8 Å². The molecule has 0 spiro atoms. The maximum Gasteiger partial charge on any atom is 2.00 e. The second kappa shape index (κ2) is 5.16. The third kappa shape index (κ3) is 8.90. The van der Waals surface area contributed by atoms with Crippen molar-refractivity contribution in [1.29, 1.82) is 0 Å². The fraction of sp³-hybridized carbons (Fsp3) is 0.667.